The van der Waals surface area contributed by atoms with Crippen LogP contribution in [0.5, 0.6) is 0 Å². The van der Waals surface area contributed by atoms with Crippen LogP contribution in [0.1, 0.15) is 49.1 Å². The zero-order chi connectivity index (χ0) is 12.3. The van der Waals surface area contributed by atoms with E-state index in [9.17, 15) is 0 Å². The summed E-state index contributed by atoms with van der Waals surface area (Å²) in [5, 5.41) is 3.36. The quantitative estimate of drug-likeness (QED) is 0.864. The molecule has 4 nitrogen and oxygen atoms in total. The van der Waals surface area contributed by atoms with Gasteiger partial charge in [-0.3, -0.25) is 0 Å². The lowest BCUT2D eigenvalue weighted by Crippen LogP contribution is -2.27. The molecule has 0 saturated heterocycles. The van der Waals surface area contributed by atoms with Crippen LogP contribution in [0.25, 0.3) is 0 Å². The van der Waals surface area contributed by atoms with E-state index in [0.29, 0.717) is 0 Å². The van der Waals surface area contributed by atoms with Crippen molar-refractivity contribution in [3.05, 3.63) is 22.8 Å². The lowest BCUT2D eigenvalue weighted by Gasteiger charge is -2.21. The summed E-state index contributed by atoms with van der Waals surface area (Å²) in [4.78, 5) is 9.35. The maximum absolute atomic E-state index is 5.43. The van der Waals surface area contributed by atoms with Crippen LogP contribution in [0.15, 0.2) is 0 Å². The molecular formula is C13H21N3O. The van der Waals surface area contributed by atoms with Gasteiger partial charge in [0.2, 0.25) is 0 Å². The second kappa shape index (κ2) is 5.56. The van der Waals surface area contributed by atoms with Crippen LogP contribution in [0.4, 0.5) is 0 Å². The summed E-state index contributed by atoms with van der Waals surface area (Å²) in [5.41, 5.74) is 3.71. The van der Waals surface area contributed by atoms with Gasteiger partial charge in [0.05, 0.1) is 5.69 Å². The number of hydrogen-bond donors (Lipinski definition) is 1. The Morgan fingerprint density at radius 3 is 2.82 bits per heavy atom. The molecule has 1 unspecified atom stereocenters. The molecule has 17 heavy (non-hydrogen) atoms. The number of methoxy groups -OCH3 is 1. The number of nitrogens with zero attached hydrogens (tertiary/aromatic N) is 2. The molecule has 1 aliphatic rings. The van der Waals surface area contributed by atoms with Crippen molar-refractivity contribution in [2.75, 3.05) is 13.7 Å². The summed E-state index contributed by atoms with van der Waals surface area (Å²) in [6.07, 6.45) is 2.94. The third-order valence-corrected chi connectivity index (χ3v) is 3.32. The first-order valence-corrected chi connectivity index (χ1v) is 6.42. The summed E-state index contributed by atoms with van der Waals surface area (Å²) in [6, 6.07) is 0. The number of rotatable bonds is 4. The molecule has 2 rings (SSSR count). The Kier molecular flexibility index (Phi) is 4.07. The van der Waals surface area contributed by atoms with Gasteiger partial charge in [0.15, 0.2) is 5.82 Å². The Hall–Kier alpha value is -1.00. The van der Waals surface area contributed by atoms with E-state index in [1.807, 2.05) is 0 Å². The Bertz CT molecular complexity index is 371. The van der Waals surface area contributed by atoms with Gasteiger partial charge in [0.1, 0.15) is 6.10 Å². The van der Waals surface area contributed by atoms with Gasteiger partial charge in [-0.1, -0.05) is 13.8 Å². The maximum atomic E-state index is 5.43. The van der Waals surface area contributed by atoms with Crippen molar-refractivity contribution in [2.24, 2.45) is 0 Å². The summed E-state index contributed by atoms with van der Waals surface area (Å²) < 4.78 is 5.43. The third-order valence-electron chi connectivity index (χ3n) is 3.32. The van der Waals surface area contributed by atoms with Crippen molar-refractivity contribution in [3.63, 3.8) is 0 Å². The average molecular weight is 235 g/mol. The van der Waals surface area contributed by atoms with E-state index in [-0.39, 0.29) is 6.10 Å². The third kappa shape index (κ3) is 2.48. The number of fused-ring (bicyclic) bond motifs is 1. The van der Waals surface area contributed by atoms with Crippen LogP contribution >= 0.6 is 0 Å². The van der Waals surface area contributed by atoms with Gasteiger partial charge < -0.3 is 10.1 Å². The fourth-order valence-electron chi connectivity index (χ4n) is 2.35. The SMILES string of the molecule is CCc1nc(C(CC)OC)nc2c1CCNC2. The molecule has 1 N–H and O–H groups in total. The number of nitrogens with one attached hydrogen (secondary N) is 1. The van der Waals surface area contributed by atoms with Crippen LogP contribution in [0.2, 0.25) is 0 Å². The minimum Gasteiger partial charge on any atom is -0.373 e. The highest BCUT2D eigenvalue weighted by molar-refractivity contribution is 5.29. The fraction of sp³-hybridized carbons (Fsp3) is 0.692. The van der Waals surface area contributed by atoms with Gasteiger partial charge in [-0.2, -0.15) is 0 Å². The highest BCUT2D eigenvalue weighted by atomic mass is 16.5. The van der Waals surface area contributed by atoms with E-state index >= 15 is 0 Å². The highest BCUT2D eigenvalue weighted by Gasteiger charge is 2.19. The average Bonchev–Trinajstić information content (AvgIpc) is 2.39. The van der Waals surface area contributed by atoms with Crippen LogP contribution in [0.3, 0.4) is 0 Å². The predicted octanol–water partition coefficient (Wildman–Crippen LogP) is 1.78. The van der Waals surface area contributed by atoms with Gasteiger partial charge in [-0.25, -0.2) is 9.97 Å². The number of aromatic nitrogens is 2. The van der Waals surface area contributed by atoms with Crippen molar-refractivity contribution in [2.45, 2.75) is 45.8 Å². The molecule has 0 aromatic carbocycles. The second-order valence-corrected chi connectivity index (χ2v) is 4.37. The monoisotopic (exact) mass is 235 g/mol. The molecule has 0 radical (unpaired) electrons. The second-order valence-electron chi connectivity index (χ2n) is 4.37. The molecule has 1 aromatic rings. The summed E-state index contributed by atoms with van der Waals surface area (Å²) >= 11 is 0. The lowest BCUT2D eigenvalue weighted by atomic mass is 10.0. The first-order valence-electron chi connectivity index (χ1n) is 6.42. The van der Waals surface area contributed by atoms with E-state index in [1.54, 1.807) is 7.11 Å². The molecule has 1 aromatic heterocycles. The molecule has 94 valence electrons. The smallest absolute Gasteiger partial charge is 0.157 e. The number of hydrogen-bond acceptors (Lipinski definition) is 4. The summed E-state index contributed by atoms with van der Waals surface area (Å²) in [7, 11) is 1.72. The maximum Gasteiger partial charge on any atom is 0.157 e. The number of ether oxygens (including phenoxy) is 1. The van der Waals surface area contributed by atoms with Crippen LogP contribution < -0.4 is 5.32 Å². The molecule has 0 bridgehead atoms. The molecule has 0 saturated carbocycles. The Morgan fingerprint density at radius 2 is 2.18 bits per heavy atom. The van der Waals surface area contributed by atoms with Crippen molar-refractivity contribution >= 4 is 0 Å². The van der Waals surface area contributed by atoms with Gasteiger partial charge in [0.25, 0.3) is 0 Å². The van der Waals surface area contributed by atoms with Crippen LogP contribution in [-0.2, 0) is 24.1 Å². The van der Waals surface area contributed by atoms with Gasteiger partial charge >= 0.3 is 0 Å². The summed E-state index contributed by atoms with van der Waals surface area (Å²) in [5.74, 6) is 0.842. The standard InChI is InChI=1S/C13H21N3O/c1-4-10-9-6-7-14-8-11(9)16-13(15-10)12(5-2)17-3/h12,14H,4-8H2,1-3H3. The van der Waals surface area contributed by atoms with Crippen molar-refractivity contribution < 1.29 is 4.74 Å². The number of aryl methyl sites for hydroxylation is 1. The van der Waals surface area contributed by atoms with Crippen molar-refractivity contribution in [3.8, 4) is 0 Å². The van der Waals surface area contributed by atoms with E-state index in [1.165, 1.54) is 11.3 Å². The Labute approximate surface area is 103 Å². The largest absolute Gasteiger partial charge is 0.373 e. The van der Waals surface area contributed by atoms with E-state index in [4.69, 9.17) is 4.74 Å². The van der Waals surface area contributed by atoms with Crippen LogP contribution in [-0.4, -0.2) is 23.6 Å². The molecule has 0 aliphatic carbocycles. The highest BCUT2D eigenvalue weighted by Crippen LogP contribution is 2.22. The van der Waals surface area contributed by atoms with Gasteiger partial charge in [0, 0.05) is 19.3 Å². The lowest BCUT2D eigenvalue weighted by molar-refractivity contribution is 0.0920. The zero-order valence-electron chi connectivity index (χ0n) is 10.9. The first kappa shape index (κ1) is 12.5. The fourth-order valence-corrected chi connectivity index (χ4v) is 2.35. The molecular weight excluding hydrogens is 214 g/mol. The molecule has 0 amide bonds. The minimum atomic E-state index is 0.0209. The normalized spacial score (nSPS) is 16.6. The van der Waals surface area contributed by atoms with Crippen molar-refractivity contribution in [1.82, 2.24) is 15.3 Å². The Balaban J connectivity index is 2.42. The topological polar surface area (TPSA) is 47.0 Å². The predicted molar refractivity (Wildman–Crippen MR) is 66.9 cm³/mol. The molecule has 4 heteroatoms. The van der Waals surface area contributed by atoms with E-state index in [2.05, 4.69) is 29.1 Å². The molecule has 0 fully saturated rings. The van der Waals surface area contributed by atoms with Gasteiger partial charge in [-0.05, 0) is 31.4 Å². The van der Waals surface area contributed by atoms with Crippen LogP contribution in [0, 0.1) is 0 Å². The zero-order valence-corrected chi connectivity index (χ0v) is 10.9. The molecule has 2 heterocycles. The molecule has 1 atom stereocenters. The van der Waals surface area contributed by atoms with E-state index < -0.39 is 0 Å². The van der Waals surface area contributed by atoms with Crippen molar-refractivity contribution in [1.29, 1.82) is 0 Å². The molecule has 0 spiro atoms. The first-order chi connectivity index (χ1) is 8.30. The minimum absolute atomic E-state index is 0.0209. The summed E-state index contributed by atoms with van der Waals surface area (Å²) in [6.45, 7) is 6.14. The van der Waals surface area contributed by atoms with Gasteiger partial charge in [-0.15, -0.1) is 0 Å². The Morgan fingerprint density at radius 1 is 1.35 bits per heavy atom. The van der Waals surface area contributed by atoms with E-state index in [0.717, 1.165) is 43.9 Å². The molecule has 1 aliphatic heterocycles.